The zero-order chi connectivity index (χ0) is 3.41. The summed E-state index contributed by atoms with van der Waals surface area (Å²) in [6, 6.07) is 0. The molecule has 3 heteroatoms. The Balaban J connectivity index is 0. The van der Waals surface area contributed by atoms with Crippen LogP contribution in [0.3, 0.4) is 0 Å². The van der Waals surface area contributed by atoms with Gasteiger partial charge in [-0.1, -0.05) is 0 Å². The highest BCUT2D eigenvalue weighted by atomic mass is 19.2. The molecule has 0 aliphatic carbocycles. The van der Waals surface area contributed by atoms with E-state index in [4.69, 9.17) is 0 Å². The maximum absolute atomic E-state index is 10.3. The van der Waals surface area contributed by atoms with Crippen LogP contribution in [0.5, 0.6) is 0 Å². The predicted octanol–water partition coefficient (Wildman–Crippen LogP) is 0.101. The molecule has 0 heterocycles. The van der Waals surface area contributed by atoms with Gasteiger partial charge in [-0.05, 0) is 0 Å². The lowest BCUT2D eigenvalue weighted by Crippen LogP contribution is -1.68. The second kappa shape index (κ2) is 9.17. The first kappa shape index (κ1) is 8.84. The summed E-state index contributed by atoms with van der Waals surface area (Å²) in [5.74, 6) is 0. The molecular weight excluding hydrogens is 78.0 g/mol. The van der Waals surface area contributed by atoms with Crippen molar-refractivity contribution in [3.8, 4) is 0 Å². The van der Waals surface area contributed by atoms with Crippen molar-refractivity contribution in [2.75, 3.05) is 13.3 Å². The molecule has 0 bridgehead atoms. The molecule has 5 heavy (non-hydrogen) atoms. The van der Waals surface area contributed by atoms with Crippen LogP contribution in [-0.2, 0) is 0 Å². The summed E-state index contributed by atoms with van der Waals surface area (Å²) in [4.78, 5) is 0. The summed E-state index contributed by atoms with van der Waals surface area (Å²) in [5.41, 5.74) is 0. The molecule has 34 valence electrons. The van der Waals surface area contributed by atoms with Crippen LogP contribution in [0.25, 0.3) is 0 Å². The first-order chi connectivity index (χ1) is 1.91. The fourth-order valence-corrected chi connectivity index (χ4v) is 0. The van der Waals surface area contributed by atoms with Crippen molar-refractivity contribution in [3.05, 3.63) is 0 Å². The second-order valence-corrected chi connectivity index (χ2v) is 0.378. The molecule has 0 saturated carbocycles. The van der Waals surface area contributed by atoms with Gasteiger partial charge < -0.3 is 5.48 Å². The Hall–Kier alpha value is -0.180. The van der Waals surface area contributed by atoms with Crippen molar-refractivity contribution in [2.45, 2.75) is 0 Å². The number of alkyl halides is 2. The molecule has 0 aliphatic rings. The Morgan fingerprint density at radius 1 is 1.00 bits per heavy atom. The average Bonchev–Trinajstić information content (AvgIpc) is 1.37. The molecule has 0 amide bonds. The van der Waals surface area contributed by atoms with Gasteiger partial charge in [0.05, 0.1) is 0 Å². The van der Waals surface area contributed by atoms with Gasteiger partial charge in [-0.2, -0.15) is 0 Å². The molecule has 0 atom stereocenters. The minimum absolute atomic E-state index is 0. The van der Waals surface area contributed by atoms with Crippen LogP contribution in [0.15, 0.2) is 0 Å². The van der Waals surface area contributed by atoms with Gasteiger partial charge in [0.2, 0.25) is 0 Å². The summed E-state index contributed by atoms with van der Waals surface area (Å²) in [6.45, 7) is -1.69. The quantitative estimate of drug-likeness (QED) is 0.431. The first-order valence-electron chi connectivity index (χ1n) is 1.03. The molecule has 0 unspecified atom stereocenters. The van der Waals surface area contributed by atoms with E-state index in [9.17, 15) is 8.78 Å². The average molecular weight is 84.1 g/mol. The Morgan fingerprint density at radius 2 is 1.20 bits per heavy atom. The molecule has 0 aliphatic heterocycles. The largest absolute Gasteiger partial charge is 0.412 e. The summed E-state index contributed by atoms with van der Waals surface area (Å²) < 4.78 is 20.7. The number of hydrogen-bond acceptors (Lipinski definition) is 0. The van der Waals surface area contributed by atoms with E-state index in [1.54, 1.807) is 0 Å². The smallest absolute Gasteiger partial charge is 0.118 e. The van der Waals surface area contributed by atoms with Gasteiger partial charge >= 0.3 is 0 Å². The van der Waals surface area contributed by atoms with Gasteiger partial charge in [-0.25, -0.2) is 8.78 Å². The lowest BCUT2D eigenvalue weighted by Gasteiger charge is -1.61. The van der Waals surface area contributed by atoms with Gasteiger partial charge in [0.25, 0.3) is 0 Å². The van der Waals surface area contributed by atoms with E-state index in [1.807, 2.05) is 0 Å². The predicted molar refractivity (Wildman–Crippen MR) is 15.6 cm³/mol. The molecule has 0 rings (SSSR count). The zero-order valence-electron chi connectivity index (χ0n) is 2.67. The Bertz CT molecular complexity index is 9.61. The molecule has 0 aromatic heterocycles. The molecular formula is C2H6F2O. The van der Waals surface area contributed by atoms with Crippen molar-refractivity contribution < 1.29 is 14.3 Å². The maximum atomic E-state index is 10.3. The third kappa shape index (κ3) is 18.8. The van der Waals surface area contributed by atoms with Crippen molar-refractivity contribution in [3.63, 3.8) is 0 Å². The third-order valence-electron chi connectivity index (χ3n) is 0.0714. The van der Waals surface area contributed by atoms with Crippen LogP contribution in [0, 0.1) is 0 Å². The molecule has 0 fully saturated rings. The minimum Gasteiger partial charge on any atom is -0.412 e. The van der Waals surface area contributed by atoms with E-state index in [0.717, 1.165) is 0 Å². The Labute approximate surface area is 28.9 Å². The van der Waals surface area contributed by atoms with Crippen LogP contribution < -0.4 is 0 Å². The highest BCUT2D eigenvalue weighted by Gasteiger charge is 1.65. The van der Waals surface area contributed by atoms with Crippen molar-refractivity contribution >= 4 is 0 Å². The van der Waals surface area contributed by atoms with E-state index in [2.05, 4.69) is 0 Å². The van der Waals surface area contributed by atoms with E-state index in [0.29, 0.717) is 0 Å². The molecule has 0 saturated heterocycles. The Kier molecular flexibility index (Phi) is 16.2. The molecule has 0 spiro atoms. The molecule has 0 aromatic rings. The van der Waals surface area contributed by atoms with Crippen LogP contribution in [0.1, 0.15) is 0 Å². The fraction of sp³-hybridized carbons (Fsp3) is 1.00. The monoisotopic (exact) mass is 84.0 g/mol. The van der Waals surface area contributed by atoms with Gasteiger partial charge in [-0.15, -0.1) is 0 Å². The van der Waals surface area contributed by atoms with Crippen molar-refractivity contribution in [2.24, 2.45) is 0 Å². The minimum atomic E-state index is -0.847. The van der Waals surface area contributed by atoms with E-state index in [1.165, 1.54) is 0 Å². The number of halogens is 2. The summed E-state index contributed by atoms with van der Waals surface area (Å²) in [5, 5.41) is 0. The molecule has 0 radical (unpaired) electrons. The van der Waals surface area contributed by atoms with Gasteiger partial charge in [0.15, 0.2) is 0 Å². The van der Waals surface area contributed by atoms with Crippen LogP contribution in [0.4, 0.5) is 8.78 Å². The van der Waals surface area contributed by atoms with Crippen molar-refractivity contribution in [1.29, 1.82) is 0 Å². The Morgan fingerprint density at radius 3 is 1.20 bits per heavy atom. The summed E-state index contributed by atoms with van der Waals surface area (Å²) in [6.07, 6.45) is 0. The normalized spacial score (nSPS) is 6.00. The highest BCUT2D eigenvalue weighted by molar-refractivity contribution is 4.09. The second-order valence-electron chi connectivity index (χ2n) is 0.378. The lowest BCUT2D eigenvalue weighted by molar-refractivity contribution is 0.380. The first-order valence-corrected chi connectivity index (χ1v) is 1.03. The standard InChI is InChI=1S/C2H4F2.H2O/c3-1-2-4;/h1-2H2;1H2. The van der Waals surface area contributed by atoms with Gasteiger partial charge in [0, 0.05) is 0 Å². The topological polar surface area (TPSA) is 31.5 Å². The molecule has 1 nitrogen and oxygen atoms in total. The lowest BCUT2D eigenvalue weighted by atomic mass is 10.9. The summed E-state index contributed by atoms with van der Waals surface area (Å²) >= 11 is 0. The zero-order valence-corrected chi connectivity index (χ0v) is 2.67. The molecule has 2 N–H and O–H groups in total. The van der Waals surface area contributed by atoms with Crippen LogP contribution >= 0.6 is 0 Å². The molecule has 0 aromatic carbocycles. The number of rotatable bonds is 1. The van der Waals surface area contributed by atoms with Crippen LogP contribution in [0.2, 0.25) is 0 Å². The van der Waals surface area contributed by atoms with Gasteiger partial charge in [-0.3, -0.25) is 0 Å². The van der Waals surface area contributed by atoms with Gasteiger partial charge in [0.1, 0.15) is 13.3 Å². The van der Waals surface area contributed by atoms with Crippen LogP contribution in [-0.4, -0.2) is 18.8 Å². The summed E-state index contributed by atoms with van der Waals surface area (Å²) in [7, 11) is 0. The van der Waals surface area contributed by atoms with Crippen molar-refractivity contribution in [1.82, 2.24) is 0 Å². The van der Waals surface area contributed by atoms with E-state index in [-0.39, 0.29) is 5.48 Å². The SMILES string of the molecule is FCCF.O. The highest BCUT2D eigenvalue weighted by Crippen LogP contribution is 1.63. The number of hydrogen-bond donors (Lipinski definition) is 0. The van der Waals surface area contributed by atoms with E-state index >= 15 is 0 Å². The maximum Gasteiger partial charge on any atom is 0.118 e. The van der Waals surface area contributed by atoms with E-state index < -0.39 is 13.3 Å². The third-order valence-corrected chi connectivity index (χ3v) is 0.0714. The fourth-order valence-electron chi connectivity index (χ4n) is 0.